The highest BCUT2D eigenvalue weighted by Gasteiger charge is 2.34. The van der Waals surface area contributed by atoms with Crippen LogP contribution in [0.2, 0.25) is 0 Å². The van der Waals surface area contributed by atoms with Crippen molar-refractivity contribution in [2.75, 3.05) is 25.7 Å². The number of rotatable bonds is 5. The van der Waals surface area contributed by atoms with Crippen LogP contribution in [0.15, 0.2) is 46.5 Å². The number of amidine groups is 1. The standard InChI is InChI=1S/C26H32N4O3S/c1-16(2)27-24(19-10-12-21(32-5)22(15-19)33-6)30-13-7-8-17-14-18(9-11-20(17)30)23-26(3,4)34-25(31)29-28-23/h9-12,14-16H,7-8,13H2,1-6H3,(H,29,31)/b27-24-. The molecule has 0 aromatic heterocycles. The van der Waals surface area contributed by atoms with Gasteiger partial charge in [0.1, 0.15) is 5.84 Å². The van der Waals surface area contributed by atoms with Crippen LogP contribution in [-0.2, 0) is 6.42 Å². The number of amides is 1. The minimum absolute atomic E-state index is 0.123. The molecule has 0 atom stereocenters. The summed E-state index contributed by atoms with van der Waals surface area (Å²) in [4.78, 5) is 19.1. The maximum atomic E-state index is 11.8. The maximum Gasteiger partial charge on any atom is 0.300 e. The van der Waals surface area contributed by atoms with Crippen molar-refractivity contribution in [1.82, 2.24) is 5.43 Å². The Morgan fingerprint density at radius 1 is 1.15 bits per heavy atom. The summed E-state index contributed by atoms with van der Waals surface area (Å²) >= 11 is 1.27. The molecule has 180 valence electrons. The first-order chi connectivity index (χ1) is 16.2. The second-order valence-electron chi connectivity index (χ2n) is 9.19. The highest BCUT2D eigenvalue weighted by molar-refractivity contribution is 8.15. The number of anilines is 1. The van der Waals surface area contributed by atoms with Crippen LogP contribution in [0.5, 0.6) is 11.5 Å². The number of carbonyl (C=O) groups is 1. The first kappa shape index (κ1) is 24.1. The summed E-state index contributed by atoms with van der Waals surface area (Å²) in [6.07, 6.45) is 2.00. The van der Waals surface area contributed by atoms with Gasteiger partial charge in [0.2, 0.25) is 0 Å². The topological polar surface area (TPSA) is 75.5 Å². The third kappa shape index (κ3) is 4.78. The van der Waals surface area contributed by atoms with E-state index in [2.05, 4.69) is 47.5 Å². The molecule has 2 heterocycles. The van der Waals surface area contributed by atoms with E-state index in [1.54, 1.807) is 14.2 Å². The number of nitrogens with one attached hydrogen (secondary N) is 1. The minimum atomic E-state index is -0.394. The van der Waals surface area contributed by atoms with Crippen molar-refractivity contribution in [3.63, 3.8) is 0 Å². The zero-order chi connectivity index (χ0) is 24.5. The van der Waals surface area contributed by atoms with Crippen molar-refractivity contribution < 1.29 is 14.3 Å². The lowest BCUT2D eigenvalue weighted by molar-refractivity contribution is 0.260. The molecule has 0 spiro atoms. The summed E-state index contributed by atoms with van der Waals surface area (Å²) in [6.45, 7) is 9.12. The van der Waals surface area contributed by atoms with Crippen molar-refractivity contribution >= 4 is 34.2 Å². The van der Waals surface area contributed by atoms with E-state index in [1.807, 2.05) is 32.0 Å². The minimum Gasteiger partial charge on any atom is -0.493 e. The van der Waals surface area contributed by atoms with Crippen LogP contribution >= 0.6 is 11.8 Å². The lowest BCUT2D eigenvalue weighted by Crippen LogP contribution is -2.39. The SMILES string of the molecule is COc1ccc(/C(=N/C(C)C)N2CCCc3cc(C4=NNC(=O)SC4(C)C)ccc32)cc1OC. The van der Waals surface area contributed by atoms with Gasteiger partial charge in [0.15, 0.2) is 11.5 Å². The van der Waals surface area contributed by atoms with Gasteiger partial charge in [-0.1, -0.05) is 17.8 Å². The Bertz CT molecular complexity index is 1160. The Labute approximate surface area is 205 Å². The molecule has 1 amide bonds. The molecule has 0 unspecified atom stereocenters. The average molecular weight is 481 g/mol. The van der Waals surface area contributed by atoms with Gasteiger partial charge in [-0.05, 0) is 82.0 Å². The lowest BCUT2D eigenvalue weighted by atomic mass is 9.93. The van der Waals surface area contributed by atoms with Gasteiger partial charge in [-0.3, -0.25) is 9.79 Å². The molecule has 4 rings (SSSR count). The van der Waals surface area contributed by atoms with Gasteiger partial charge in [0.25, 0.3) is 5.24 Å². The van der Waals surface area contributed by atoms with Gasteiger partial charge in [-0.25, -0.2) is 5.43 Å². The summed E-state index contributed by atoms with van der Waals surface area (Å²) < 4.78 is 10.6. The quantitative estimate of drug-likeness (QED) is 0.467. The van der Waals surface area contributed by atoms with Crippen LogP contribution in [0, 0.1) is 0 Å². The van der Waals surface area contributed by atoms with E-state index in [-0.39, 0.29) is 11.3 Å². The number of nitrogens with zero attached hydrogens (tertiary/aromatic N) is 3. The molecular weight excluding hydrogens is 448 g/mol. The lowest BCUT2D eigenvalue weighted by Gasteiger charge is -2.34. The second-order valence-corrected chi connectivity index (χ2v) is 10.8. The number of hydrogen-bond acceptors (Lipinski definition) is 6. The molecule has 34 heavy (non-hydrogen) atoms. The molecule has 2 aromatic carbocycles. The first-order valence-electron chi connectivity index (χ1n) is 11.5. The van der Waals surface area contributed by atoms with Gasteiger partial charge in [-0.15, -0.1) is 0 Å². The van der Waals surface area contributed by atoms with Crippen LogP contribution in [0.1, 0.15) is 50.8 Å². The normalized spacial score (nSPS) is 17.7. The van der Waals surface area contributed by atoms with E-state index >= 15 is 0 Å². The van der Waals surface area contributed by atoms with Crippen LogP contribution in [0.4, 0.5) is 10.5 Å². The monoisotopic (exact) mass is 480 g/mol. The highest BCUT2D eigenvalue weighted by atomic mass is 32.2. The maximum absolute atomic E-state index is 11.8. The molecule has 2 aliphatic heterocycles. The Kier molecular flexibility index (Phi) is 6.89. The number of fused-ring (bicyclic) bond motifs is 1. The van der Waals surface area contributed by atoms with Crippen LogP contribution < -0.4 is 19.8 Å². The number of aryl methyl sites for hydroxylation is 1. The van der Waals surface area contributed by atoms with Crippen molar-refractivity contribution in [1.29, 1.82) is 0 Å². The van der Waals surface area contributed by atoms with E-state index in [0.29, 0.717) is 11.5 Å². The number of carbonyl (C=O) groups excluding carboxylic acids is 1. The van der Waals surface area contributed by atoms with Gasteiger partial charge >= 0.3 is 0 Å². The van der Waals surface area contributed by atoms with E-state index in [9.17, 15) is 4.79 Å². The largest absolute Gasteiger partial charge is 0.493 e. The van der Waals surface area contributed by atoms with Gasteiger partial charge in [0.05, 0.1) is 24.7 Å². The molecule has 0 bridgehead atoms. The summed E-state index contributed by atoms with van der Waals surface area (Å²) in [5.41, 5.74) is 7.92. The smallest absolute Gasteiger partial charge is 0.300 e. The number of methoxy groups -OCH3 is 2. The number of aliphatic imine (C=N–C) groups is 1. The molecule has 2 aliphatic rings. The fourth-order valence-electron chi connectivity index (χ4n) is 4.44. The zero-order valence-electron chi connectivity index (χ0n) is 20.6. The first-order valence-corrected chi connectivity index (χ1v) is 12.3. The molecule has 0 radical (unpaired) electrons. The molecule has 7 nitrogen and oxygen atoms in total. The summed E-state index contributed by atoms with van der Waals surface area (Å²) in [5, 5.41) is 4.27. The van der Waals surface area contributed by atoms with Crippen molar-refractivity contribution in [3.8, 4) is 11.5 Å². The average Bonchev–Trinajstić information content (AvgIpc) is 2.80. The summed E-state index contributed by atoms with van der Waals surface area (Å²) in [5.74, 6) is 2.29. The molecule has 0 fully saturated rings. The third-order valence-electron chi connectivity index (χ3n) is 5.93. The van der Waals surface area contributed by atoms with Gasteiger partial charge in [-0.2, -0.15) is 5.10 Å². The Hall–Kier alpha value is -3.00. The molecule has 1 N–H and O–H groups in total. The Balaban J connectivity index is 1.75. The van der Waals surface area contributed by atoms with Crippen LogP contribution in [0.3, 0.4) is 0 Å². The predicted molar refractivity (Wildman–Crippen MR) is 140 cm³/mol. The van der Waals surface area contributed by atoms with Crippen molar-refractivity contribution in [2.24, 2.45) is 10.1 Å². The number of benzene rings is 2. The zero-order valence-corrected chi connectivity index (χ0v) is 21.5. The van der Waals surface area contributed by atoms with Crippen LogP contribution in [-0.4, -0.2) is 48.3 Å². The van der Waals surface area contributed by atoms with E-state index in [0.717, 1.165) is 47.7 Å². The van der Waals surface area contributed by atoms with Crippen molar-refractivity contribution in [2.45, 2.75) is 51.3 Å². The molecule has 0 aliphatic carbocycles. The van der Waals surface area contributed by atoms with Gasteiger partial charge in [0, 0.05) is 23.8 Å². The number of hydrazone groups is 1. The second kappa shape index (κ2) is 9.70. The molecule has 2 aromatic rings. The molecule has 8 heteroatoms. The molecule has 0 saturated heterocycles. The van der Waals surface area contributed by atoms with E-state index < -0.39 is 4.75 Å². The highest BCUT2D eigenvalue weighted by Crippen LogP contribution is 2.36. The third-order valence-corrected chi connectivity index (χ3v) is 6.91. The molecular formula is C26H32N4O3S. The fourth-order valence-corrected chi connectivity index (χ4v) is 5.25. The van der Waals surface area contributed by atoms with Crippen LogP contribution in [0.25, 0.3) is 0 Å². The number of ether oxygens (including phenoxy) is 2. The van der Waals surface area contributed by atoms with E-state index in [1.165, 1.54) is 17.3 Å². The Morgan fingerprint density at radius 2 is 1.91 bits per heavy atom. The number of hydrogen-bond donors (Lipinski definition) is 1. The number of thioether (sulfide) groups is 1. The van der Waals surface area contributed by atoms with Crippen molar-refractivity contribution in [3.05, 3.63) is 53.1 Å². The van der Waals surface area contributed by atoms with Gasteiger partial charge < -0.3 is 14.4 Å². The predicted octanol–water partition coefficient (Wildman–Crippen LogP) is 5.25. The van der Waals surface area contributed by atoms with E-state index in [4.69, 9.17) is 14.5 Å². The fraction of sp³-hybridized carbons (Fsp3) is 0.423. The summed E-state index contributed by atoms with van der Waals surface area (Å²) in [6, 6.07) is 12.5. The summed E-state index contributed by atoms with van der Waals surface area (Å²) in [7, 11) is 3.29. The molecule has 0 saturated carbocycles. The Morgan fingerprint density at radius 3 is 2.59 bits per heavy atom.